The summed E-state index contributed by atoms with van der Waals surface area (Å²) in [6.07, 6.45) is 0.959. The first-order valence-corrected chi connectivity index (χ1v) is 7.05. The number of hydrogen-bond acceptors (Lipinski definition) is 4. The van der Waals surface area contributed by atoms with E-state index in [9.17, 15) is 0 Å². The molecule has 0 spiro atoms. The van der Waals surface area contributed by atoms with E-state index in [-0.39, 0.29) is 6.04 Å². The van der Waals surface area contributed by atoms with Crippen LogP contribution >= 0.6 is 0 Å². The summed E-state index contributed by atoms with van der Waals surface area (Å²) in [4.78, 5) is 2.51. The molecule has 1 aliphatic rings. The quantitative estimate of drug-likeness (QED) is 0.842. The molecule has 2 unspecified atom stereocenters. The van der Waals surface area contributed by atoms with Gasteiger partial charge in [0.2, 0.25) is 0 Å². The van der Waals surface area contributed by atoms with Crippen molar-refractivity contribution in [3.63, 3.8) is 0 Å². The molecule has 0 amide bonds. The van der Waals surface area contributed by atoms with Gasteiger partial charge in [0.15, 0.2) is 0 Å². The van der Waals surface area contributed by atoms with Crippen LogP contribution in [0, 0.1) is 0 Å². The Morgan fingerprint density at radius 1 is 1.32 bits per heavy atom. The normalized spacial score (nSPS) is 19.9. The highest BCUT2D eigenvalue weighted by atomic mass is 16.5. The van der Waals surface area contributed by atoms with Crippen molar-refractivity contribution in [1.82, 2.24) is 10.2 Å². The fourth-order valence-corrected chi connectivity index (χ4v) is 2.74. The zero-order valence-electron chi connectivity index (χ0n) is 11.9. The molecule has 19 heavy (non-hydrogen) atoms. The topological polar surface area (TPSA) is 50.5 Å². The number of benzene rings is 1. The molecule has 4 nitrogen and oxygen atoms in total. The van der Waals surface area contributed by atoms with Crippen LogP contribution in [0.2, 0.25) is 0 Å². The van der Waals surface area contributed by atoms with E-state index in [4.69, 9.17) is 10.5 Å². The van der Waals surface area contributed by atoms with Crippen molar-refractivity contribution in [2.24, 2.45) is 5.73 Å². The summed E-state index contributed by atoms with van der Waals surface area (Å²) in [7, 11) is 1.70. The lowest BCUT2D eigenvalue weighted by atomic mass is 9.99. The molecule has 1 aromatic carbocycles. The summed E-state index contributed by atoms with van der Waals surface area (Å²) in [5.41, 5.74) is 7.46. The molecule has 3 N–H and O–H groups in total. The lowest BCUT2D eigenvalue weighted by molar-refractivity contribution is 0.170. The molecule has 106 valence electrons. The van der Waals surface area contributed by atoms with E-state index in [1.165, 1.54) is 0 Å². The van der Waals surface area contributed by atoms with Gasteiger partial charge in [0.05, 0.1) is 7.11 Å². The van der Waals surface area contributed by atoms with Gasteiger partial charge in [-0.25, -0.2) is 0 Å². The SMILES string of the molecule is COc1ccccc1C(N)CC(C)N1CCNCC1. The third-order valence-electron chi connectivity index (χ3n) is 3.91. The first-order chi connectivity index (χ1) is 9.22. The highest BCUT2D eigenvalue weighted by Gasteiger charge is 2.20. The van der Waals surface area contributed by atoms with Gasteiger partial charge in [-0.05, 0) is 19.4 Å². The highest BCUT2D eigenvalue weighted by Crippen LogP contribution is 2.27. The van der Waals surface area contributed by atoms with Crippen molar-refractivity contribution < 1.29 is 4.74 Å². The maximum absolute atomic E-state index is 6.36. The number of methoxy groups -OCH3 is 1. The number of para-hydroxylation sites is 1. The van der Waals surface area contributed by atoms with E-state index in [0.717, 1.165) is 43.9 Å². The fourth-order valence-electron chi connectivity index (χ4n) is 2.74. The van der Waals surface area contributed by atoms with Crippen molar-refractivity contribution in [1.29, 1.82) is 0 Å². The van der Waals surface area contributed by atoms with Crippen molar-refractivity contribution in [3.05, 3.63) is 29.8 Å². The molecule has 1 saturated heterocycles. The Kier molecular flexibility index (Phi) is 5.19. The number of nitrogens with one attached hydrogen (secondary N) is 1. The summed E-state index contributed by atoms with van der Waals surface area (Å²) in [6, 6.07) is 8.57. The van der Waals surface area contributed by atoms with Gasteiger partial charge in [-0.1, -0.05) is 18.2 Å². The number of nitrogens with two attached hydrogens (primary N) is 1. The molecular formula is C15H25N3O. The van der Waals surface area contributed by atoms with Crippen LogP contribution in [0.4, 0.5) is 0 Å². The first-order valence-electron chi connectivity index (χ1n) is 7.05. The number of ether oxygens (including phenoxy) is 1. The van der Waals surface area contributed by atoms with Gasteiger partial charge < -0.3 is 15.8 Å². The van der Waals surface area contributed by atoms with Crippen molar-refractivity contribution in [2.45, 2.75) is 25.4 Å². The summed E-state index contributed by atoms with van der Waals surface area (Å²) in [6.45, 7) is 6.64. The lowest BCUT2D eigenvalue weighted by Crippen LogP contribution is -2.48. The zero-order valence-corrected chi connectivity index (χ0v) is 11.9. The van der Waals surface area contributed by atoms with Crippen LogP contribution in [0.5, 0.6) is 5.75 Å². The minimum Gasteiger partial charge on any atom is -0.496 e. The third-order valence-corrected chi connectivity index (χ3v) is 3.91. The molecule has 0 radical (unpaired) electrons. The standard InChI is InChI=1S/C15H25N3O/c1-12(18-9-7-17-8-10-18)11-14(16)13-5-3-4-6-15(13)19-2/h3-6,12,14,17H,7-11,16H2,1-2H3. The van der Waals surface area contributed by atoms with Gasteiger partial charge in [-0.2, -0.15) is 0 Å². The Morgan fingerprint density at radius 3 is 2.68 bits per heavy atom. The minimum absolute atomic E-state index is 0.0287. The molecule has 1 aliphatic heterocycles. The highest BCUT2D eigenvalue weighted by molar-refractivity contribution is 5.35. The largest absolute Gasteiger partial charge is 0.496 e. The molecule has 2 atom stereocenters. The third kappa shape index (κ3) is 3.69. The molecule has 0 aliphatic carbocycles. The van der Waals surface area contributed by atoms with Gasteiger partial charge in [-0.15, -0.1) is 0 Å². The Bertz CT molecular complexity index is 391. The van der Waals surface area contributed by atoms with Crippen LogP contribution in [0.25, 0.3) is 0 Å². The average molecular weight is 263 g/mol. The summed E-state index contributed by atoms with van der Waals surface area (Å²) < 4.78 is 5.39. The second kappa shape index (κ2) is 6.89. The van der Waals surface area contributed by atoms with Crippen LogP contribution in [-0.2, 0) is 0 Å². The Balaban J connectivity index is 1.97. The second-order valence-electron chi connectivity index (χ2n) is 5.22. The number of piperazine rings is 1. The van der Waals surface area contributed by atoms with Gasteiger partial charge >= 0.3 is 0 Å². The summed E-state index contributed by atoms with van der Waals surface area (Å²) in [5.74, 6) is 0.891. The number of rotatable bonds is 5. The van der Waals surface area contributed by atoms with E-state index in [1.54, 1.807) is 7.11 Å². The predicted octanol–water partition coefficient (Wildman–Crippen LogP) is 1.38. The van der Waals surface area contributed by atoms with Crippen LogP contribution in [0.3, 0.4) is 0 Å². The van der Waals surface area contributed by atoms with Crippen molar-refractivity contribution >= 4 is 0 Å². The molecule has 1 heterocycles. The van der Waals surface area contributed by atoms with E-state index in [1.807, 2.05) is 18.2 Å². The van der Waals surface area contributed by atoms with Crippen LogP contribution in [0.1, 0.15) is 24.9 Å². The van der Waals surface area contributed by atoms with Crippen molar-refractivity contribution in [3.8, 4) is 5.75 Å². The lowest BCUT2D eigenvalue weighted by Gasteiger charge is -2.34. The Morgan fingerprint density at radius 2 is 2.00 bits per heavy atom. The van der Waals surface area contributed by atoms with Gasteiger partial charge in [-0.3, -0.25) is 4.90 Å². The molecular weight excluding hydrogens is 238 g/mol. The monoisotopic (exact) mass is 263 g/mol. The first kappa shape index (κ1) is 14.3. The maximum Gasteiger partial charge on any atom is 0.123 e. The summed E-state index contributed by atoms with van der Waals surface area (Å²) in [5, 5.41) is 3.38. The van der Waals surface area contributed by atoms with Gasteiger partial charge in [0, 0.05) is 43.8 Å². The number of nitrogens with zero attached hydrogens (tertiary/aromatic N) is 1. The van der Waals surface area contributed by atoms with Gasteiger partial charge in [0.25, 0.3) is 0 Å². The van der Waals surface area contributed by atoms with Crippen LogP contribution in [-0.4, -0.2) is 44.2 Å². The van der Waals surface area contributed by atoms with Crippen LogP contribution < -0.4 is 15.8 Å². The number of hydrogen-bond donors (Lipinski definition) is 2. The average Bonchev–Trinajstić information content (AvgIpc) is 2.48. The molecule has 0 saturated carbocycles. The molecule has 2 rings (SSSR count). The molecule has 1 aromatic rings. The maximum atomic E-state index is 6.36. The Hall–Kier alpha value is -1.10. The molecule has 0 aromatic heterocycles. The van der Waals surface area contributed by atoms with E-state index >= 15 is 0 Å². The predicted molar refractivity (Wildman–Crippen MR) is 78.4 cm³/mol. The molecule has 4 heteroatoms. The Labute approximate surface area is 115 Å². The van der Waals surface area contributed by atoms with Crippen LogP contribution in [0.15, 0.2) is 24.3 Å². The minimum atomic E-state index is 0.0287. The van der Waals surface area contributed by atoms with Gasteiger partial charge in [0.1, 0.15) is 5.75 Å². The summed E-state index contributed by atoms with van der Waals surface area (Å²) >= 11 is 0. The second-order valence-corrected chi connectivity index (χ2v) is 5.22. The molecule has 0 bridgehead atoms. The van der Waals surface area contributed by atoms with E-state index < -0.39 is 0 Å². The van der Waals surface area contributed by atoms with E-state index in [2.05, 4.69) is 23.2 Å². The van der Waals surface area contributed by atoms with Crippen molar-refractivity contribution in [2.75, 3.05) is 33.3 Å². The smallest absolute Gasteiger partial charge is 0.123 e. The fraction of sp³-hybridized carbons (Fsp3) is 0.600. The van der Waals surface area contributed by atoms with E-state index in [0.29, 0.717) is 6.04 Å². The zero-order chi connectivity index (χ0) is 13.7. The molecule has 1 fully saturated rings.